The Morgan fingerprint density at radius 1 is 1.64 bits per heavy atom. The molecule has 1 aromatic heterocycles. The number of aliphatic hydroxyl groups excluding tert-OH is 1. The van der Waals surface area contributed by atoms with Gasteiger partial charge in [0.05, 0.1) is 11.9 Å². The maximum Gasteiger partial charge on any atom is 0.0738 e. The number of likely N-dealkylation sites (tertiary alicyclic amines) is 1. The van der Waals surface area contributed by atoms with Gasteiger partial charge in [0.2, 0.25) is 0 Å². The zero-order chi connectivity index (χ0) is 9.97. The lowest BCUT2D eigenvalue weighted by molar-refractivity contribution is 0.219. The van der Waals surface area contributed by atoms with Crippen LogP contribution in [-0.4, -0.2) is 44.7 Å². The highest BCUT2D eigenvalue weighted by atomic mass is 16.3. The molecule has 78 valence electrons. The Hall–Kier alpha value is -0.940. The van der Waals surface area contributed by atoms with Crippen LogP contribution < -0.4 is 0 Å². The van der Waals surface area contributed by atoms with E-state index in [1.165, 1.54) is 0 Å². The Bertz CT molecular complexity index is 299. The van der Waals surface area contributed by atoms with Crippen molar-refractivity contribution in [2.75, 3.05) is 19.7 Å². The van der Waals surface area contributed by atoms with E-state index in [0.29, 0.717) is 12.5 Å². The first-order valence-corrected chi connectivity index (χ1v) is 4.96. The molecule has 0 spiro atoms. The van der Waals surface area contributed by atoms with E-state index < -0.39 is 0 Å². The zero-order valence-corrected chi connectivity index (χ0v) is 8.43. The normalized spacial score (nSPS) is 23.1. The molecule has 1 fully saturated rings. The molecule has 1 N–H and O–H groups in total. The highest BCUT2D eigenvalue weighted by molar-refractivity contribution is 4.94. The molecule has 1 aromatic rings. The fraction of sp³-hybridized carbons (Fsp3) is 0.778. The van der Waals surface area contributed by atoms with Crippen molar-refractivity contribution in [3.8, 4) is 0 Å². The van der Waals surface area contributed by atoms with Crippen LogP contribution in [0.15, 0.2) is 6.20 Å². The Kier molecular flexibility index (Phi) is 2.79. The maximum absolute atomic E-state index is 9.01. The smallest absolute Gasteiger partial charge is 0.0738 e. The van der Waals surface area contributed by atoms with Gasteiger partial charge in [-0.3, -0.25) is 9.58 Å². The highest BCUT2D eigenvalue weighted by Gasteiger charge is 2.22. The molecule has 14 heavy (non-hydrogen) atoms. The van der Waals surface area contributed by atoms with E-state index in [2.05, 4.69) is 15.2 Å². The molecule has 2 heterocycles. The number of nitrogens with zero attached hydrogens (tertiary/aromatic N) is 4. The lowest BCUT2D eigenvalue weighted by atomic mass is 10.1. The number of hydrogen-bond donors (Lipinski definition) is 1. The van der Waals surface area contributed by atoms with Gasteiger partial charge < -0.3 is 5.11 Å². The van der Waals surface area contributed by atoms with Crippen LogP contribution in [-0.2, 0) is 13.6 Å². The van der Waals surface area contributed by atoms with Crippen molar-refractivity contribution in [1.82, 2.24) is 19.9 Å². The molecule has 5 nitrogen and oxygen atoms in total. The summed E-state index contributed by atoms with van der Waals surface area (Å²) in [5.41, 5.74) is 1.13. The zero-order valence-electron chi connectivity index (χ0n) is 8.43. The number of aliphatic hydroxyl groups is 1. The third-order valence-electron chi connectivity index (χ3n) is 2.82. The summed E-state index contributed by atoms with van der Waals surface area (Å²) in [6.45, 7) is 3.25. The third-order valence-corrected chi connectivity index (χ3v) is 2.82. The first-order chi connectivity index (χ1) is 6.79. The molecule has 0 amide bonds. The first kappa shape index (κ1) is 9.61. The van der Waals surface area contributed by atoms with Crippen molar-refractivity contribution < 1.29 is 5.11 Å². The number of aryl methyl sites for hydroxylation is 1. The van der Waals surface area contributed by atoms with E-state index in [0.717, 1.165) is 31.7 Å². The summed E-state index contributed by atoms with van der Waals surface area (Å²) in [5.74, 6) is 0.455. The van der Waals surface area contributed by atoms with Crippen LogP contribution in [0.25, 0.3) is 0 Å². The summed E-state index contributed by atoms with van der Waals surface area (Å²) in [4.78, 5) is 2.33. The second-order valence-corrected chi connectivity index (χ2v) is 3.92. The van der Waals surface area contributed by atoms with Crippen molar-refractivity contribution in [3.05, 3.63) is 11.9 Å². The van der Waals surface area contributed by atoms with Gasteiger partial charge in [-0.05, 0) is 18.9 Å². The third kappa shape index (κ3) is 1.93. The fourth-order valence-corrected chi connectivity index (χ4v) is 1.89. The minimum atomic E-state index is 0.306. The van der Waals surface area contributed by atoms with Crippen molar-refractivity contribution >= 4 is 0 Å². The Morgan fingerprint density at radius 3 is 3.07 bits per heavy atom. The average molecular weight is 196 g/mol. The van der Waals surface area contributed by atoms with Crippen molar-refractivity contribution in [2.45, 2.75) is 13.0 Å². The maximum atomic E-state index is 9.01. The molecule has 0 radical (unpaired) electrons. The lowest BCUT2D eigenvalue weighted by Crippen LogP contribution is -2.22. The van der Waals surface area contributed by atoms with Gasteiger partial charge in [-0.15, -0.1) is 5.10 Å². The van der Waals surface area contributed by atoms with E-state index >= 15 is 0 Å². The van der Waals surface area contributed by atoms with Gasteiger partial charge in [0, 0.05) is 26.7 Å². The van der Waals surface area contributed by atoms with Crippen LogP contribution in [0, 0.1) is 5.92 Å². The summed E-state index contributed by atoms with van der Waals surface area (Å²) < 4.78 is 1.80. The van der Waals surface area contributed by atoms with E-state index in [1.54, 1.807) is 10.9 Å². The topological polar surface area (TPSA) is 54.2 Å². The van der Waals surface area contributed by atoms with E-state index in [9.17, 15) is 0 Å². The Balaban J connectivity index is 1.90. The molecule has 1 atom stereocenters. The predicted octanol–water partition coefficient (Wildman–Crippen LogP) is -0.371. The number of rotatable bonds is 3. The Labute approximate surface area is 83.3 Å². The minimum Gasteiger partial charge on any atom is -0.396 e. The fourth-order valence-electron chi connectivity index (χ4n) is 1.89. The minimum absolute atomic E-state index is 0.306. The quantitative estimate of drug-likeness (QED) is 0.716. The summed E-state index contributed by atoms with van der Waals surface area (Å²) in [6, 6.07) is 0. The molecule has 5 heteroatoms. The van der Waals surface area contributed by atoms with Gasteiger partial charge in [-0.25, -0.2) is 0 Å². The molecule has 0 bridgehead atoms. The molecule has 1 aliphatic heterocycles. The van der Waals surface area contributed by atoms with Gasteiger partial charge in [-0.1, -0.05) is 5.21 Å². The van der Waals surface area contributed by atoms with Crippen molar-refractivity contribution in [3.63, 3.8) is 0 Å². The van der Waals surface area contributed by atoms with Crippen LogP contribution in [0.2, 0.25) is 0 Å². The summed E-state index contributed by atoms with van der Waals surface area (Å²) in [5, 5.41) is 16.7. The standard InChI is InChI=1S/C9H16N4O/c1-12-9(4-10-11-12)6-13-3-2-8(5-13)7-14/h4,8,14H,2-3,5-7H2,1H3. The molecule has 1 unspecified atom stereocenters. The van der Waals surface area contributed by atoms with Gasteiger partial charge in [0.1, 0.15) is 0 Å². The summed E-state index contributed by atoms with van der Waals surface area (Å²) in [7, 11) is 1.90. The van der Waals surface area contributed by atoms with Gasteiger partial charge in [-0.2, -0.15) is 0 Å². The number of hydrogen-bond acceptors (Lipinski definition) is 4. The highest BCUT2D eigenvalue weighted by Crippen LogP contribution is 2.17. The van der Waals surface area contributed by atoms with E-state index in [-0.39, 0.29) is 0 Å². The van der Waals surface area contributed by atoms with Crippen LogP contribution >= 0.6 is 0 Å². The van der Waals surface area contributed by atoms with Crippen LogP contribution in [0.3, 0.4) is 0 Å². The van der Waals surface area contributed by atoms with Gasteiger partial charge in [0.15, 0.2) is 0 Å². The molecule has 1 aliphatic rings. The molecule has 0 saturated carbocycles. The molecule has 0 aliphatic carbocycles. The SMILES string of the molecule is Cn1nncc1CN1CCC(CO)C1. The second kappa shape index (κ2) is 4.06. The van der Waals surface area contributed by atoms with E-state index in [1.807, 2.05) is 7.05 Å². The molecular weight excluding hydrogens is 180 g/mol. The van der Waals surface area contributed by atoms with Crippen LogP contribution in [0.5, 0.6) is 0 Å². The lowest BCUT2D eigenvalue weighted by Gasteiger charge is -2.14. The molecule has 0 aromatic carbocycles. The summed E-state index contributed by atoms with van der Waals surface area (Å²) >= 11 is 0. The second-order valence-electron chi connectivity index (χ2n) is 3.92. The van der Waals surface area contributed by atoms with Crippen molar-refractivity contribution in [2.24, 2.45) is 13.0 Å². The molecular formula is C9H16N4O. The van der Waals surface area contributed by atoms with Gasteiger partial charge >= 0.3 is 0 Å². The number of aromatic nitrogens is 3. The summed E-state index contributed by atoms with van der Waals surface area (Å²) in [6.07, 6.45) is 2.90. The molecule has 2 rings (SSSR count). The van der Waals surface area contributed by atoms with Crippen LogP contribution in [0.4, 0.5) is 0 Å². The van der Waals surface area contributed by atoms with Crippen LogP contribution in [0.1, 0.15) is 12.1 Å². The monoisotopic (exact) mass is 196 g/mol. The van der Waals surface area contributed by atoms with Gasteiger partial charge in [0.25, 0.3) is 0 Å². The average Bonchev–Trinajstić information content (AvgIpc) is 2.77. The van der Waals surface area contributed by atoms with Crippen molar-refractivity contribution in [1.29, 1.82) is 0 Å². The van der Waals surface area contributed by atoms with E-state index in [4.69, 9.17) is 5.11 Å². The first-order valence-electron chi connectivity index (χ1n) is 4.96. The molecule has 1 saturated heterocycles. The predicted molar refractivity (Wildman–Crippen MR) is 51.5 cm³/mol. The largest absolute Gasteiger partial charge is 0.396 e. The Morgan fingerprint density at radius 2 is 2.50 bits per heavy atom.